The van der Waals surface area contributed by atoms with Gasteiger partial charge in [-0.15, -0.1) is 0 Å². The van der Waals surface area contributed by atoms with Gasteiger partial charge in [0.05, 0.1) is 55.9 Å². The van der Waals surface area contributed by atoms with Crippen molar-refractivity contribution in [1.29, 1.82) is 0 Å². The standard InChI is InChI=1S/C32H18Cl2N6O2/c33-23-13-27(31(41)37-19-11-17-5-1-3-7-25(17)35-15-19)39-29-21(23)9-10-22-24(34)14-28(40-30(22)29)32(42)38-20-12-18-6-2-4-8-26(18)36-16-20/h1-16H,(H,37,41)(H,38,42). The van der Waals surface area contributed by atoms with E-state index in [4.69, 9.17) is 23.2 Å². The number of pyridine rings is 4. The second kappa shape index (κ2) is 10.3. The van der Waals surface area contributed by atoms with E-state index in [0.29, 0.717) is 43.2 Å². The fourth-order valence-electron chi connectivity index (χ4n) is 4.79. The van der Waals surface area contributed by atoms with Gasteiger partial charge in [0.15, 0.2) is 0 Å². The third-order valence-corrected chi connectivity index (χ3v) is 7.44. The summed E-state index contributed by atoms with van der Waals surface area (Å²) in [6, 6.07) is 25.4. The van der Waals surface area contributed by atoms with Crippen LogP contribution in [0.2, 0.25) is 10.0 Å². The number of carbonyl (C=O) groups is 2. The SMILES string of the molecule is O=C(Nc1cnc2ccccc2c1)c1cc(Cl)c2ccc3c(Cl)cc(C(=O)Nc4cnc5ccccc5c4)nc3c2n1. The molecule has 0 fully saturated rings. The van der Waals surface area contributed by atoms with E-state index in [-0.39, 0.29) is 11.4 Å². The molecule has 4 heterocycles. The number of rotatable bonds is 4. The fourth-order valence-corrected chi connectivity index (χ4v) is 5.31. The first kappa shape index (κ1) is 25.8. The Morgan fingerprint density at radius 3 is 1.45 bits per heavy atom. The first-order valence-electron chi connectivity index (χ1n) is 12.8. The second-order valence-electron chi connectivity index (χ2n) is 9.58. The van der Waals surface area contributed by atoms with Gasteiger partial charge in [0.2, 0.25) is 0 Å². The smallest absolute Gasteiger partial charge is 0.274 e. The molecule has 2 N–H and O–H groups in total. The summed E-state index contributed by atoms with van der Waals surface area (Å²) < 4.78 is 0. The second-order valence-corrected chi connectivity index (χ2v) is 10.4. The van der Waals surface area contributed by atoms with Gasteiger partial charge in [-0.3, -0.25) is 19.6 Å². The number of hydrogen-bond donors (Lipinski definition) is 2. The third-order valence-electron chi connectivity index (χ3n) is 6.82. The Morgan fingerprint density at radius 2 is 1.00 bits per heavy atom. The zero-order valence-corrected chi connectivity index (χ0v) is 23.1. The van der Waals surface area contributed by atoms with Crippen LogP contribution in [0.25, 0.3) is 43.6 Å². The van der Waals surface area contributed by atoms with E-state index in [1.165, 1.54) is 12.1 Å². The Labute approximate surface area is 248 Å². The molecule has 0 aliphatic carbocycles. The molecule has 0 spiro atoms. The van der Waals surface area contributed by atoms with Crippen LogP contribution in [0.3, 0.4) is 0 Å². The molecule has 0 saturated carbocycles. The molecular formula is C32H18Cl2N6O2. The highest BCUT2D eigenvalue weighted by atomic mass is 35.5. The van der Waals surface area contributed by atoms with E-state index in [1.54, 1.807) is 24.5 Å². The van der Waals surface area contributed by atoms with E-state index in [1.807, 2.05) is 60.7 Å². The third kappa shape index (κ3) is 4.72. The molecule has 4 aromatic heterocycles. The van der Waals surface area contributed by atoms with Crippen LogP contribution >= 0.6 is 23.2 Å². The highest BCUT2D eigenvalue weighted by molar-refractivity contribution is 6.39. The lowest BCUT2D eigenvalue weighted by atomic mass is 10.1. The molecular weight excluding hydrogens is 571 g/mol. The summed E-state index contributed by atoms with van der Waals surface area (Å²) in [4.78, 5) is 44.5. The number of fused-ring (bicyclic) bond motifs is 5. The van der Waals surface area contributed by atoms with Gasteiger partial charge in [0, 0.05) is 21.5 Å². The first-order chi connectivity index (χ1) is 20.4. The van der Waals surface area contributed by atoms with Crippen molar-refractivity contribution in [3.63, 3.8) is 0 Å². The molecule has 0 atom stereocenters. The van der Waals surface area contributed by atoms with Crippen molar-refractivity contribution in [3.05, 3.63) is 119 Å². The van der Waals surface area contributed by atoms with Gasteiger partial charge in [-0.1, -0.05) is 71.7 Å². The van der Waals surface area contributed by atoms with E-state index >= 15 is 0 Å². The van der Waals surface area contributed by atoms with Gasteiger partial charge in [-0.05, 0) is 36.4 Å². The summed E-state index contributed by atoms with van der Waals surface area (Å²) in [7, 11) is 0. The molecule has 0 aliphatic heterocycles. The number of para-hydroxylation sites is 2. The summed E-state index contributed by atoms with van der Waals surface area (Å²) in [6.45, 7) is 0. The van der Waals surface area contributed by atoms with Crippen LogP contribution in [0.15, 0.2) is 97.3 Å². The molecule has 202 valence electrons. The lowest BCUT2D eigenvalue weighted by Gasteiger charge is -2.11. The maximum Gasteiger partial charge on any atom is 0.274 e. The Kier molecular flexibility index (Phi) is 6.34. The monoisotopic (exact) mass is 588 g/mol. The Balaban J connectivity index is 1.26. The number of halogens is 2. The maximum atomic E-state index is 13.2. The number of hydrogen-bond acceptors (Lipinski definition) is 6. The summed E-state index contributed by atoms with van der Waals surface area (Å²) >= 11 is 13.2. The summed E-state index contributed by atoms with van der Waals surface area (Å²) in [6.07, 6.45) is 3.16. The minimum atomic E-state index is -0.475. The molecule has 0 unspecified atom stereocenters. The lowest BCUT2D eigenvalue weighted by Crippen LogP contribution is -2.15. The van der Waals surface area contributed by atoms with Crippen molar-refractivity contribution in [2.24, 2.45) is 0 Å². The summed E-state index contributed by atoms with van der Waals surface area (Å²) in [5.74, 6) is -0.951. The van der Waals surface area contributed by atoms with Crippen molar-refractivity contribution >= 4 is 90.0 Å². The van der Waals surface area contributed by atoms with Crippen LogP contribution in [-0.4, -0.2) is 31.8 Å². The predicted octanol–water partition coefficient (Wildman–Crippen LogP) is 7.69. The minimum absolute atomic E-state index is 0.0724. The molecule has 7 aromatic rings. The van der Waals surface area contributed by atoms with E-state index < -0.39 is 11.8 Å². The number of carbonyl (C=O) groups excluding carboxylic acids is 2. The topological polar surface area (TPSA) is 110 Å². The first-order valence-corrected chi connectivity index (χ1v) is 13.6. The van der Waals surface area contributed by atoms with Crippen LogP contribution in [0, 0.1) is 0 Å². The van der Waals surface area contributed by atoms with Gasteiger partial charge in [0.1, 0.15) is 11.4 Å². The van der Waals surface area contributed by atoms with Crippen molar-refractivity contribution in [2.75, 3.05) is 10.6 Å². The Morgan fingerprint density at radius 1 is 0.571 bits per heavy atom. The fraction of sp³-hybridized carbons (Fsp3) is 0. The Bertz CT molecular complexity index is 2080. The number of nitrogens with one attached hydrogen (secondary N) is 2. The van der Waals surface area contributed by atoms with Crippen LogP contribution in [0.4, 0.5) is 11.4 Å². The summed E-state index contributed by atoms with van der Waals surface area (Å²) in [5.41, 5.74) is 3.47. The lowest BCUT2D eigenvalue weighted by molar-refractivity contribution is 0.101. The molecule has 10 heteroatoms. The molecule has 0 aliphatic rings. The van der Waals surface area contributed by atoms with Gasteiger partial charge >= 0.3 is 0 Å². The normalized spacial score (nSPS) is 11.3. The Hall–Kier alpha value is -5.18. The number of amides is 2. The maximum absolute atomic E-state index is 13.2. The van der Waals surface area contributed by atoms with Gasteiger partial charge in [-0.25, -0.2) is 9.97 Å². The van der Waals surface area contributed by atoms with E-state index in [0.717, 1.165) is 21.8 Å². The van der Waals surface area contributed by atoms with Crippen LogP contribution in [-0.2, 0) is 0 Å². The summed E-state index contributed by atoms with van der Waals surface area (Å²) in [5, 5.41) is 9.17. The van der Waals surface area contributed by atoms with Crippen molar-refractivity contribution in [1.82, 2.24) is 19.9 Å². The molecule has 7 rings (SSSR count). The molecule has 0 bridgehead atoms. The quantitative estimate of drug-likeness (QED) is 0.204. The van der Waals surface area contributed by atoms with Gasteiger partial charge < -0.3 is 10.6 Å². The van der Waals surface area contributed by atoms with Gasteiger partial charge in [0.25, 0.3) is 11.8 Å². The number of nitrogens with zero attached hydrogens (tertiary/aromatic N) is 4. The molecule has 42 heavy (non-hydrogen) atoms. The molecule has 0 saturated heterocycles. The largest absolute Gasteiger partial charge is 0.319 e. The van der Waals surface area contributed by atoms with Crippen LogP contribution < -0.4 is 10.6 Å². The average molecular weight is 589 g/mol. The average Bonchev–Trinajstić information content (AvgIpc) is 3.00. The molecule has 0 radical (unpaired) electrons. The zero-order valence-electron chi connectivity index (χ0n) is 21.6. The number of anilines is 2. The van der Waals surface area contributed by atoms with E-state index in [2.05, 4.69) is 30.6 Å². The number of aromatic nitrogens is 4. The highest BCUT2D eigenvalue weighted by Gasteiger charge is 2.18. The number of benzene rings is 3. The molecule has 2 amide bonds. The van der Waals surface area contributed by atoms with Crippen LogP contribution in [0.5, 0.6) is 0 Å². The highest BCUT2D eigenvalue weighted by Crippen LogP contribution is 2.33. The van der Waals surface area contributed by atoms with Crippen molar-refractivity contribution in [2.45, 2.75) is 0 Å². The molecule has 3 aromatic carbocycles. The van der Waals surface area contributed by atoms with Gasteiger partial charge in [-0.2, -0.15) is 0 Å². The van der Waals surface area contributed by atoms with Crippen LogP contribution in [0.1, 0.15) is 21.0 Å². The van der Waals surface area contributed by atoms with Crippen molar-refractivity contribution < 1.29 is 9.59 Å². The van der Waals surface area contributed by atoms with E-state index in [9.17, 15) is 9.59 Å². The predicted molar refractivity (Wildman–Crippen MR) is 166 cm³/mol. The molecule has 8 nitrogen and oxygen atoms in total. The van der Waals surface area contributed by atoms with Crippen molar-refractivity contribution in [3.8, 4) is 0 Å². The minimum Gasteiger partial charge on any atom is -0.319 e. The zero-order chi connectivity index (χ0) is 28.8.